The van der Waals surface area contributed by atoms with E-state index in [9.17, 15) is 4.79 Å². The number of carbonyl (C=O) groups excluding carboxylic acids is 1. The van der Waals surface area contributed by atoms with Gasteiger partial charge in [-0.3, -0.25) is 0 Å². The second-order valence-corrected chi connectivity index (χ2v) is 6.06. The highest BCUT2D eigenvalue weighted by molar-refractivity contribution is 6.32. The van der Waals surface area contributed by atoms with Gasteiger partial charge in [0.2, 0.25) is 0 Å². The third-order valence-corrected chi connectivity index (χ3v) is 3.98. The molecular weight excluding hydrogens is 374 g/mol. The lowest BCUT2D eigenvalue weighted by molar-refractivity contribution is 0.262. The number of ether oxygens (including phenoxy) is 1. The van der Waals surface area contributed by atoms with Crippen LogP contribution in [-0.2, 0) is 0 Å². The molecule has 3 aromatic carbocycles. The predicted octanol–water partition coefficient (Wildman–Crippen LogP) is 6.31. The fraction of sp³-hybridized carbons (Fsp3) is 0. The van der Waals surface area contributed by atoms with E-state index in [0.29, 0.717) is 39.1 Å². The van der Waals surface area contributed by atoms with Gasteiger partial charge in [-0.15, -0.1) is 6.42 Å². The van der Waals surface area contributed by atoms with E-state index in [1.54, 1.807) is 66.7 Å². The Bertz CT molecular complexity index is 1100. The lowest BCUT2D eigenvalue weighted by Crippen LogP contribution is -2.19. The molecule has 0 spiro atoms. The second kappa shape index (κ2) is 8.64. The molecule has 0 atom stereocenters. The molecule has 0 radical (unpaired) electrons. The first-order valence-corrected chi connectivity index (χ1v) is 8.55. The maximum Gasteiger partial charge on any atom is 0.323 e. The van der Waals surface area contributed by atoms with Crippen LogP contribution in [0.1, 0.15) is 5.56 Å². The molecule has 0 bridgehead atoms. The van der Waals surface area contributed by atoms with Gasteiger partial charge in [0.1, 0.15) is 11.5 Å². The van der Waals surface area contributed by atoms with Crippen LogP contribution in [0, 0.1) is 18.9 Å². The number of hydrogen-bond acceptors (Lipinski definition) is 2. The second-order valence-electron chi connectivity index (χ2n) is 5.66. The van der Waals surface area contributed by atoms with E-state index in [1.165, 1.54) is 0 Å². The van der Waals surface area contributed by atoms with Gasteiger partial charge in [-0.05, 0) is 42.5 Å². The van der Waals surface area contributed by atoms with Crippen LogP contribution in [-0.4, -0.2) is 6.03 Å². The number of benzene rings is 3. The van der Waals surface area contributed by atoms with Crippen LogP contribution in [0.15, 0.2) is 66.7 Å². The Morgan fingerprint density at radius 2 is 1.75 bits per heavy atom. The van der Waals surface area contributed by atoms with Gasteiger partial charge in [0.05, 0.1) is 11.6 Å². The summed E-state index contributed by atoms with van der Waals surface area (Å²) < 4.78 is 5.75. The largest absolute Gasteiger partial charge is 0.456 e. The summed E-state index contributed by atoms with van der Waals surface area (Å²) >= 11 is 6.18. The number of nitrogens with one attached hydrogen (secondary N) is 2. The average molecular weight is 388 g/mol. The van der Waals surface area contributed by atoms with Crippen LogP contribution in [0.5, 0.6) is 11.5 Å². The number of rotatable bonds is 4. The third kappa shape index (κ3) is 4.82. The Balaban J connectivity index is 1.70. The maximum absolute atomic E-state index is 12.2. The van der Waals surface area contributed by atoms with E-state index < -0.39 is 6.03 Å². The van der Waals surface area contributed by atoms with Gasteiger partial charge in [0.15, 0.2) is 5.69 Å². The number of urea groups is 1. The van der Waals surface area contributed by atoms with Gasteiger partial charge in [-0.25, -0.2) is 9.64 Å². The summed E-state index contributed by atoms with van der Waals surface area (Å²) in [5.41, 5.74) is 2.27. The molecule has 0 fully saturated rings. The number of halogens is 1. The maximum atomic E-state index is 12.2. The molecule has 136 valence electrons. The van der Waals surface area contributed by atoms with Crippen molar-refractivity contribution in [2.75, 3.05) is 10.6 Å². The van der Waals surface area contributed by atoms with Crippen molar-refractivity contribution in [3.8, 4) is 23.8 Å². The molecule has 0 aliphatic heterocycles. The molecule has 0 saturated heterocycles. The smallest absolute Gasteiger partial charge is 0.323 e. The Labute approximate surface area is 167 Å². The monoisotopic (exact) mass is 387 g/mol. The van der Waals surface area contributed by atoms with Gasteiger partial charge in [-0.1, -0.05) is 35.7 Å². The minimum atomic E-state index is -0.427. The summed E-state index contributed by atoms with van der Waals surface area (Å²) in [6, 6.07) is 18.1. The SMILES string of the molecule is [C-]#[N+]c1ccc(Oc2cc(NC(=O)Nc3cccc(C#C)c3)ccc2Cl)cc1. The quantitative estimate of drug-likeness (QED) is 0.407. The van der Waals surface area contributed by atoms with E-state index in [1.807, 2.05) is 0 Å². The first-order chi connectivity index (χ1) is 13.6. The molecule has 5 nitrogen and oxygen atoms in total. The van der Waals surface area contributed by atoms with Crippen molar-refractivity contribution in [2.45, 2.75) is 0 Å². The van der Waals surface area contributed by atoms with Gasteiger partial charge >= 0.3 is 6.03 Å². The van der Waals surface area contributed by atoms with Crippen molar-refractivity contribution in [1.29, 1.82) is 0 Å². The fourth-order valence-corrected chi connectivity index (χ4v) is 2.51. The highest BCUT2D eigenvalue weighted by Gasteiger charge is 2.08. The van der Waals surface area contributed by atoms with Gasteiger partial charge in [0, 0.05) is 23.0 Å². The zero-order chi connectivity index (χ0) is 19.9. The minimum Gasteiger partial charge on any atom is -0.456 e. The van der Waals surface area contributed by atoms with E-state index in [0.717, 1.165) is 0 Å². The Morgan fingerprint density at radius 3 is 2.43 bits per heavy atom. The van der Waals surface area contributed by atoms with E-state index >= 15 is 0 Å². The third-order valence-electron chi connectivity index (χ3n) is 3.67. The molecular formula is C22H14ClN3O2. The standard InChI is InChI=1S/C22H14ClN3O2/c1-3-15-5-4-6-17(13-15)25-22(27)26-18-9-12-20(23)21(14-18)28-19-10-7-16(24-2)8-11-19/h1,4-14H,(H2,25,26,27). The lowest BCUT2D eigenvalue weighted by atomic mass is 10.2. The van der Waals surface area contributed by atoms with Crippen LogP contribution in [0.3, 0.4) is 0 Å². The van der Waals surface area contributed by atoms with Crippen LogP contribution < -0.4 is 15.4 Å². The van der Waals surface area contributed by atoms with Crippen molar-refractivity contribution < 1.29 is 9.53 Å². The lowest BCUT2D eigenvalue weighted by Gasteiger charge is -2.11. The average Bonchev–Trinajstić information content (AvgIpc) is 2.71. The summed E-state index contributed by atoms with van der Waals surface area (Å²) in [6.07, 6.45) is 5.36. The summed E-state index contributed by atoms with van der Waals surface area (Å²) in [5, 5.41) is 5.82. The van der Waals surface area contributed by atoms with E-state index in [-0.39, 0.29) is 0 Å². The molecule has 0 heterocycles. The molecule has 0 aliphatic carbocycles. The van der Waals surface area contributed by atoms with Crippen molar-refractivity contribution in [3.63, 3.8) is 0 Å². The van der Waals surface area contributed by atoms with Gasteiger partial charge < -0.3 is 15.4 Å². The van der Waals surface area contributed by atoms with Crippen LogP contribution in [0.4, 0.5) is 21.9 Å². The normalized spacial score (nSPS) is 9.68. The number of amides is 2. The number of nitrogens with zero attached hydrogens (tertiary/aromatic N) is 1. The zero-order valence-electron chi connectivity index (χ0n) is 14.6. The van der Waals surface area contributed by atoms with Gasteiger partial charge in [0.25, 0.3) is 0 Å². The van der Waals surface area contributed by atoms with Crippen LogP contribution in [0.25, 0.3) is 4.85 Å². The molecule has 0 saturated carbocycles. The first-order valence-electron chi connectivity index (χ1n) is 8.17. The molecule has 3 aromatic rings. The summed E-state index contributed by atoms with van der Waals surface area (Å²) in [5.74, 6) is 3.42. The Morgan fingerprint density at radius 1 is 1.04 bits per heavy atom. The Hall–Kier alpha value is -3.93. The van der Waals surface area contributed by atoms with Crippen molar-refractivity contribution in [3.05, 3.63) is 88.7 Å². The molecule has 6 heteroatoms. The first kappa shape index (κ1) is 18.8. The molecule has 0 aliphatic rings. The van der Waals surface area contributed by atoms with Crippen molar-refractivity contribution in [2.24, 2.45) is 0 Å². The summed E-state index contributed by atoms with van der Waals surface area (Å²) in [7, 11) is 0. The van der Waals surface area contributed by atoms with Crippen molar-refractivity contribution in [1.82, 2.24) is 0 Å². The molecule has 0 aromatic heterocycles. The number of carbonyl (C=O) groups is 1. The zero-order valence-corrected chi connectivity index (χ0v) is 15.3. The highest BCUT2D eigenvalue weighted by atomic mass is 35.5. The van der Waals surface area contributed by atoms with Crippen LogP contribution in [0.2, 0.25) is 5.02 Å². The van der Waals surface area contributed by atoms with E-state index in [2.05, 4.69) is 21.4 Å². The molecule has 0 unspecified atom stereocenters. The number of hydrogen-bond donors (Lipinski definition) is 2. The molecule has 3 rings (SSSR count). The Kier molecular flexibility index (Phi) is 5.81. The summed E-state index contributed by atoms with van der Waals surface area (Å²) in [6.45, 7) is 6.97. The molecule has 2 amide bonds. The fourth-order valence-electron chi connectivity index (χ4n) is 2.36. The van der Waals surface area contributed by atoms with E-state index in [4.69, 9.17) is 29.3 Å². The minimum absolute atomic E-state index is 0.379. The number of anilines is 2. The summed E-state index contributed by atoms with van der Waals surface area (Å²) in [4.78, 5) is 15.6. The highest BCUT2D eigenvalue weighted by Crippen LogP contribution is 2.32. The van der Waals surface area contributed by atoms with Crippen molar-refractivity contribution >= 4 is 34.7 Å². The van der Waals surface area contributed by atoms with Crippen LogP contribution >= 0.6 is 11.6 Å². The topological polar surface area (TPSA) is 54.7 Å². The molecule has 28 heavy (non-hydrogen) atoms. The predicted molar refractivity (Wildman–Crippen MR) is 111 cm³/mol. The molecule has 2 N–H and O–H groups in total. The van der Waals surface area contributed by atoms with Gasteiger partial charge in [-0.2, -0.15) is 0 Å². The number of terminal acetylenes is 1.